The van der Waals surface area contributed by atoms with Gasteiger partial charge in [-0.3, -0.25) is 15.0 Å². The normalized spacial score (nSPS) is 16.5. The second-order valence-corrected chi connectivity index (χ2v) is 8.19. The summed E-state index contributed by atoms with van der Waals surface area (Å²) >= 11 is 5.77. The molecule has 0 bridgehead atoms. The largest absolute Gasteiger partial charge is 0.296 e. The van der Waals surface area contributed by atoms with Crippen LogP contribution in [0.4, 0.5) is 5.69 Å². The number of nitro benzene ring substituents is 1. The highest BCUT2D eigenvalue weighted by Crippen LogP contribution is 2.27. The number of sulfonamides is 1. The Labute approximate surface area is 156 Å². The fourth-order valence-corrected chi connectivity index (χ4v) is 4.54. The van der Waals surface area contributed by atoms with Gasteiger partial charge in [0.05, 0.1) is 4.92 Å². The molecule has 3 rings (SSSR count). The van der Waals surface area contributed by atoms with Crippen LogP contribution in [0.3, 0.4) is 0 Å². The molecule has 0 saturated carbocycles. The number of benzene rings is 1. The molecule has 10 heteroatoms. The van der Waals surface area contributed by atoms with Crippen molar-refractivity contribution >= 4 is 27.3 Å². The summed E-state index contributed by atoms with van der Waals surface area (Å²) in [4.78, 5) is 16.3. The first-order valence-corrected chi connectivity index (χ1v) is 9.76. The number of rotatable bonds is 5. The maximum absolute atomic E-state index is 12.8. The van der Waals surface area contributed by atoms with Gasteiger partial charge < -0.3 is 0 Å². The predicted molar refractivity (Wildman–Crippen MR) is 96.4 cm³/mol. The molecule has 0 amide bonds. The molecular weight excluding hydrogens is 380 g/mol. The molecule has 0 unspecified atom stereocenters. The number of nitrogens with zero attached hydrogens (tertiary/aromatic N) is 4. The van der Waals surface area contributed by atoms with Gasteiger partial charge in [0.2, 0.25) is 10.0 Å². The second-order valence-electron chi connectivity index (χ2n) is 5.89. The minimum atomic E-state index is -3.90. The maximum atomic E-state index is 12.8. The Morgan fingerprint density at radius 3 is 2.42 bits per heavy atom. The third kappa shape index (κ3) is 4.01. The van der Waals surface area contributed by atoms with Gasteiger partial charge in [0.1, 0.15) is 5.15 Å². The van der Waals surface area contributed by atoms with Crippen LogP contribution in [0.5, 0.6) is 0 Å². The van der Waals surface area contributed by atoms with Crippen molar-refractivity contribution in [3.8, 4) is 0 Å². The molecule has 8 nitrogen and oxygen atoms in total. The van der Waals surface area contributed by atoms with Crippen LogP contribution in [-0.4, -0.2) is 53.7 Å². The van der Waals surface area contributed by atoms with Gasteiger partial charge in [-0.2, -0.15) is 4.31 Å². The van der Waals surface area contributed by atoms with Gasteiger partial charge in [0.25, 0.3) is 5.69 Å². The first-order valence-electron chi connectivity index (χ1n) is 7.94. The molecule has 1 aliphatic rings. The summed E-state index contributed by atoms with van der Waals surface area (Å²) in [5.41, 5.74) is 0.589. The smallest absolute Gasteiger partial charge is 0.289 e. The highest BCUT2D eigenvalue weighted by atomic mass is 35.5. The first kappa shape index (κ1) is 18.7. The Kier molecular flexibility index (Phi) is 5.52. The zero-order valence-electron chi connectivity index (χ0n) is 13.8. The van der Waals surface area contributed by atoms with Crippen LogP contribution >= 0.6 is 11.6 Å². The molecule has 0 radical (unpaired) electrons. The van der Waals surface area contributed by atoms with Crippen molar-refractivity contribution < 1.29 is 13.3 Å². The number of hydrogen-bond donors (Lipinski definition) is 0. The average molecular weight is 397 g/mol. The lowest BCUT2D eigenvalue weighted by molar-refractivity contribution is -0.387. The Hall–Kier alpha value is -2.07. The van der Waals surface area contributed by atoms with Crippen LogP contribution in [0.15, 0.2) is 47.5 Å². The zero-order chi connectivity index (χ0) is 18.7. The molecule has 1 aliphatic heterocycles. The van der Waals surface area contributed by atoms with E-state index in [1.165, 1.54) is 28.6 Å². The SMILES string of the molecule is O=[N+]([O-])c1ccccc1S(=O)(=O)N1CCN(Cc2ccc(Cl)nc2)CC1. The van der Waals surface area contributed by atoms with Crippen LogP contribution in [0, 0.1) is 10.1 Å². The van der Waals surface area contributed by atoms with Gasteiger partial charge >= 0.3 is 0 Å². The third-order valence-corrected chi connectivity index (χ3v) is 6.38. The molecule has 1 fully saturated rings. The quantitative estimate of drug-likeness (QED) is 0.436. The van der Waals surface area contributed by atoms with Crippen LogP contribution in [0.25, 0.3) is 0 Å². The maximum Gasteiger partial charge on any atom is 0.289 e. The van der Waals surface area contributed by atoms with Gasteiger partial charge in [-0.05, 0) is 17.7 Å². The Morgan fingerprint density at radius 2 is 1.81 bits per heavy atom. The highest BCUT2D eigenvalue weighted by Gasteiger charge is 2.33. The summed E-state index contributed by atoms with van der Waals surface area (Å²) in [6.07, 6.45) is 1.69. The van der Waals surface area contributed by atoms with Crippen LogP contribution in [-0.2, 0) is 16.6 Å². The Balaban J connectivity index is 1.69. The van der Waals surface area contributed by atoms with Crippen molar-refractivity contribution in [2.75, 3.05) is 26.2 Å². The molecule has 0 N–H and O–H groups in total. The van der Waals surface area contributed by atoms with Gasteiger partial charge in [-0.25, -0.2) is 13.4 Å². The van der Waals surface area contributed by atoms with E-state index < -0.39 is 20.6 Å². The molecule has 2 heterocycles. The molecular formula is C16H17ClN4O4S. The molecule has 0 aliphatic carbocycles. The number of para-hydroxylation sites is 1. The van der Waals surface area contributed by atoms with Crippen molar-refractivity contribution in [3.63, 3.8) is 0 Å². The van der Waals surface area contributed by atoms with Crippen molar-refractivity contribution in [2.45, 2.75) is 11.4 Å². The number of aromatic nitrogens is 1. The average Bonchev–Trinajstić information content (AvgIpc) is 2.64. The number of pyridine rings is 1. The van der Waals surface area contributed by atoms with Gasteiger partial charge in [0.15, 0.2) is 4.90 Å². The summed E-state index contributed by atoms with van der Waals surface area (Å²) in [5, 5.41) is 11.6. The topological polar surface area (TPSA) is 96.6 Å². The molecule has 0 spiro atoms. The molecule has 1 saturated heterocycles. The third-order valence-electron chi connectivity index (χ3n) is 4.21. The number of nitro groups is 1. The summed E-state index contributed by atoms with van der Waals surface area (Å²) in [5.74, 6) is 0. The van der Waals surface area contributed by atoms with E-state index in [-0.39, 0.29) is 18.0 Å². The van der Waals surface area contributed by atoms with E-state index in [0.717, 1.165) is 5.56 Å². The van der Waals surface area contributed by atoms with Crippen LogP contribution < -0.4 is 0 Å². The number of hydrogen-bond acceptors (Lipinski definition) is 6. The second kappa shape index (κ2) is 7.67. The highest BCUT2D eigenvalue weighted by molar-refractivity contribution is 7.89. The zero-order valence-corrected chi connectivity index (χ0v) is 15.4. The summed E-state index contributed by atoms with van der Waals surface area (Å²) in [7, 11) is -3.90. The van der Waals surface area contributed by atoms with E-state index in [2.05, 4.69) is 9.88 Å². The van der Waals surface area contributed by atoms with Crippen LogP contribution in [0.1, 0.15) is 5.56 Å². The number of piperazine rings is 1. The lowest BCUT2D eigenvalue weighted by Gasteiger charge is -2.33. The van der Waals surface area contributed by atoms with E-state index in [1.54, 1.807) is 12.3 Å². The monoisotopic (exact) mass is 396 g/mol. The van der Waals surface area contributed by atoms with E-state index in [4.69, 9.17) is 11.6 Å². The summed E-state index contributed by atoms with van der Waals surface area (Å²) in [6, 6.07) is 9.02. The van der Waals surface area contributed by atoms with Gasteiger partial charge in [0, 0.05) is 45.0 Å². The van der Waals surface area contributed by atoms with Gasteiger partial charge in [-0.1, -0.05) is 29.8 Å². The lowest BCUT2D eigenvalue weighted by atomic mass is 10.2. The molecule has 0 atom stereocenters. The van der Waals surface area contributed by atoms with E-state index in [9.17, 15) is 18.5 Å². The number of halogens is 1. The van der Waals surface area contributed by atoms with Crippen molar-refractivity contribution in [1.82, 2.24) is 14.2 Å². The van der Waals surface area contributed by atoms with Gasteiger partial charge in [-0.15, -0.1) is 0 Å². The molecule has 138 valence electrons. The van der Waals surface area contributed by atoms with Crippen molar-refractivity contribution in [2.24, 2.45) is 0 Å². The Morgan fingerprint density at radius 1 is 1.12 bits per heavy atom. The predicted octanol–water partition coefficient (Wildman–Crippen LogP) is 2.15. The van der Waals surface area contributed by atoms with Crippen molar-refractivity contribution in [3.05, 3.63) is 63.4 Å². The minimum absolute atomic E-state index is 0.264. The molecule has 2 aromatic rings. The van der Waals surface area contributed by atoms with E-state index in [0.29, 0.717) is 24.8 Å². The fraction of sp³-hybridized carbons (Fsp3) is 0.312. The minimum Gasteiger partial charge on any atom is -0.296 e. The summed E-state index contributed by atoms with van der Waals surface area (Å²) < 4.78 is 26.9. The molecule has 1 aromatic carbocycles. The van der Waals surface area contributed by atoms with E-state index in [1.807, 2.05) is 6.07 Å². The van der Waals surface area contributed by atoms with E-state index >= 15 is 0 Å². The molecule has 26 heavy (non-hydrogen) atoms. The lowest BCUT2D eigenvalue weighted by Crippen LogP contribution is -2.48. The van der Waals surface area contributed by atoms with Crippen molar-refractivity contribution in [1.29, 1.82) is 0 Å². The fourth-order valence-electron chi connectivity index (χ4n) is 2.85. The summed E-state index contributed by atoms with van der Waals surface area (Å²) in [6.45, 7) is 2.25. The first-order chi connectivity index (χ1) is 12.4. The Bertz CT molecular complexity index is 897. The molecule has 1 aromatic heterocycles. The standard InChI is InChI=1S/C16H17ClN4O4S/c17-16-6-5-13(11-18-16)12-19-7-9-20(10-8-19)26(24,25)15-4-2-1-3-14(15)21(22)23/h1-6,11H,7-10,12H2. The van der Waals surface area contributed by atoms with Crippen LogP contribution in [0.2, 0.25) is 5.15 Å².